The Morgan fingerprint density at radius 1 is 1.12 bits per heavy atom. The zero-order valence-electron chi connectivity index (χ0n) is 24.3. The molecule has 0 bridgehead atoms. The zero-order chi connectivity index (χ0) is 29.9. The van der Waals surface area contributed by atoms with Gasteiger partial charge in [0.1, 0.15) is 22.2 Å². The van der Waals surface area contributed by atoms with E-state index in [1.165, 1.54) is 17.6 Å². The lowest BCUT2D eigenvalue weighted by Crippen LogP contribution is -2.44. The molecule has 0 aliphatic heterocycles. The van der Waals surface area contributed by atoms with Crippen molar-refractivity contribution in [2.45, 2.75) is 57.4 Å². The predicted molar refractivity (Wildman–Crippen MR) is 165 cm³/mol. The van der Waals surface area contributed by atoms with Gasteiger partial charge in [0.2, 0.25) is 10.0 Å². The Balaban J connectivity index is 1.13. The Hall–Kier alpha value is -3.61. The topological polar surface area (TPSA) is 123 Å². The number of ketones is 1. The first kappa shape index (κ1) is 28.5. The van der Waals surface area contributed by atoms with Crippen LogP contribution in [0.15, 0.2) is 53.2 Å². The van der Waals surface area contributed by atoms with Gasteiger partial charge in [0.15, 0.2) is 4.96 Å². The maximum Gasteiger partial charge on any atom is 0.209 e. The van der Waals surface area contributed by atoms with Crippen molar-refractivity contribution < 1.29 is 17.7 Å². The van der Waals surface area contributed by atoms with Crippen LogP contribution in [0.5, 0.6) is 0 Å². The Bertz CT molecular complexity index is 1890. The number of sulfonamides is 1. The van der Waals surface area contributed by atoms with Gasteiger partial charge in [0.25, 0.3) is 0 Å². The summed E-state index contributed by atoms with van der Waals surface area (Å²) in [5, 5.41) is 4.06. The van der Waals surface area contributed by atoms with Crippen LogP contribution >= 0.6 is 11.3 Å². The minimum Gasteiger partial charge on any atom is -0.361 e. The van der Waals surface area contributed by atoms with Crippen LogP contribution in [0.25, 0.3) is 26.6 Å². The van der Waals surface area contributed by atoms with Crippen LogP contribution in [-0.4, -0.2) is 59.1 Å². The van der Waals surface area contributed by atoms with Crippen molar-refractivity contribution in [2.24, 2.45) is 0 Å². The number of fused-ring (bicyclic) bond motifs is 3. The molecule has 12 heteroatoms. The molecule has 1 aromatic carbocycles. The van der Waals surface area contributed by atoms with Crippen molar-refractivity contribution in [2.75, 3.05) is 24.7 Å². The van der Waals surface area contributed by atoms with Gasteiger partial charge in [-0.1, -0.05) is 61.5 Å². The molecule has 0 saturated heterocycles. The second-order valence-electron chi connectivity index (χ2n) is 12.4. The molecule has 1 aliphatic carbocycles. The molecule has 4 heterocycles. The molecule has 0 spiro atoms. The summed E-state index contributed by atoms with van der Waals surface area (Å²) in [6.07, 6.45) is 5.42. The molecule has 6 rings (SSSR count). The Morgan fingerprint density at radius 3 is 2.50 bits per heavy atom. The number of rotatable bonds is 10. The van der Waals surface area contributed by atoms with E-state index in [-0.39, 0.29) is 17.6 Å². The standard InChI is InChI=1S/C30H34N6O4S2/c1-29(2,3)25-16-21(33-40-25)15-22(37)14-19-6-8-20(9-7-19)23-17-36-24-10-11-26(32-27(24)41-28(36)31-23)35(4)18-30(12-13-30)34-42(5,38)39/h6-11,16-17,34H,12-15,18H2,1-5H3. The van der Waals surface area contributed by atoms with E-state index in [0.717, 1.165) is 56.5 Å². The summed E-state index contributed by atoms with van der Waals surface area (Å²) in [7, 11) is -1.34. The lowest BCUT2D eigenvalue weighted by Gasteiger charge is -2.25. The maximum atomic E-state index is 12.7. The minimum atomic E-state index is -3.27. The molecule has 0 unspecified atom stereocenters. The molecule has 4 aromatic heterocycles. The van der Waals surface area contributed by atoms with Gasteiger partial charge in [0.05, 0.1) is 35.1 Å². The minimum absolute atomic E-state index is 0.0851. The van der Waals surface area contributed by atoms with E-state index < -0.39 is 15.6 Å². The number of carbonyl (C=O) groups is 1. The number of aromatic nitrogens is 4. The quantitative estimate of drug-likeness (QED) is 0.241. The monoisotopic (exact) mass is 606 g/mol. The Labute approximate surface area is 248 Å². The first-order valence-corrected chi connectivity index (χ1v) is 16.5. The van der Waals surface area contributed by atoms with E-state index in [2.05, 4.69) is 9.88 Å². The van der Waals surface area contributed by atoms with E-state index in [4.69, 9.17) is 14.5 Å². The normalized spacial score (nSPS) is 15.0. The first-order valence-electron chi connectivity index (χ1n) is 13.8. The molecule has 0 radical (unpaired) electrons. The number of benzene rings is 1. The van der Waals surface area contributed by atoms with Crippen molar-refractivity contribution in [3.05, 3.63) is 65.7 Å². The number of Topliss-reactive ketones (excluding diaryl/α,β-unsaturated/α-hetero) is 1. The van der Waals surface area contributed by atoms with Crippen molar-refractivity contribution in [3.63, 3.8) is 0 Å². The summed E-state index contributed by atoms with van der Waals surface area (Å²) in [6, 6.07) is 13.8. The second kappa shape index (κ2) is 10.3. The number of hydrogen-bond donors (Lipinski definition) is 1. The summed E-state index contributed by atoms with van der Waals surface area (Å²) < 4.78 is 33.7. The summed E-state index contributed by atoms with van der Waals surface area (Å²) >= 11 is 1.51. The SMILES string of the molecule is CN(CC1(NS(C)(=O)=O)CC1)c1ccc2c(n1)sc1nc(-c3ccc(CC(=O)Cc4cc(C(C)(C)C)on4)cc3)cn12. The highest BCUT2D eigenvalue weighted by Gasteiger charge is 2.46. The molecule has 1 aliphatic rings. The molecule has 1 N–H and O–H groups in total. The average molecular weight is 607 g/mol. The third-order valence-electron chi connectivity index (χ3n) is 7.46. The van der Waals surface area contributed by atoms with Gasteiger partial charge in [-0.3, -0.25) is 9.20 Å². The van der Waals surface area contributed by atoms with E-state index in [1.807, 2.05) is 85.8 Å². The number of nitrogens with one attached hydrogen (secondary N) is 1. The number of hydrogen-bond acceptors (Lipinski definition) is 9. The molecule has 0 amide bonds. The summed E-state index contributed by atoms with van der Waals surface area (Å²) in [6.45, 7) is 6.71. The maximum absolute atomic E-state index is 12.7. The second-order valence-corrected chi connectivity index (χ2v) is 15.1. The average Bonchev–Trinajstić information content (AvgIpc) is 3.22. The van der Waals surface area contributed by atoms with Gasteiger partial charge < -0.3 is 9.42 Å². The number of pyridine rings is 1. The summed E-state index contributed by atoms with van der Waals surface area (Å²) in [5.41, 5.74) is 3.83. The fourth-order valence-corrected chi connectivity index (χ4v) is 7.17. The van der Waals surface area contributed by atoms with Crippen LogP contribution in [0.1, 0.15) is 50.6 Å². The van der Waals surface area contributed by atoms with Crippen molar-refractivity contribution in [1.82, 2.24) is 24.2 Å². The van der Waals surface area contributed by atoms with E-state index >= 15 is 0 Å². The van der Waals surface area contributed by atoms with Crippen LogP contribution in [0.4, 0.5) is 5.82 Å². The number of likely N-dealkylation sites (N-methyl/N-ethyl adjacent to an activating group) is 1. The Kier molecular flexibility index (Phi) is 6.98. The fraction of sp³-hybridized carbons (Fsp3) is 0.400. The molecule has 10 nitrogen and oxygen atoms in total. The first-order chi connectivity index (χ1) is 19.8. The van der Waals surface area contributed by atoms with Gasteiger partial charge in [-0.15, -0.1) is 0 Å². The molecule has 42 heavy (non-hydrogen) atoms. The summed E-state index contributed by atoms with van der Waals surface area (Å²) in [5.74, 6) is 1.65. The third kappa shape index (κ3) is 6.11. The number of thiazole rings is 1. The lowest BCUT2D eigenvalue weighted by atomic mass is 9.93. The highest BCUT2D eigenvalue weighted by Crippen LogP contribution is 2.38. The number of imidazole rings is 1. The number of nitrogens with zero attached hydrogens (tertiary/aromatic N) is 5. The van der Waals surface area contributed by atoms with Gasteiger partial charge in [-0.25, -0.2) is 23.1 Å². The zero-order valence-corrected chi connectivity index (χ0v) is 26.0. The van der Waals surface area contributed by atoms with Crippen molar-refractivity contribution in [1.29, 1.82) is 0 Å². The third-order valence-corrected chi connectivity index (χ3v) is 9.23. The molecule has 1 fully saturated rings. The van der Waals surface area contributed by atoms with E-state index in [0.29, 0.717) is 18.7 Å². The van der Waals surface area contributed by atoms with Gasteiger partial charge in [0, 0.05) is 43.3 Å². The van der Waals surface area contributed by atoms with Gasteiger partial charge >= 0.3 is 0 Å². The van der Waals surface area contributed by atoms with E-state index in [9.17, 15) is 13.2 Å². The smallest absolute Gasteiger partial charge is 0.209 e. The van der Waals surface area contributed by atoms with Gasteiger partial charge in [-0.05, 0) is 30.5 Å². The van der Waals surface area contributed by atoms with Crippen molar-refractivity contribution in [3.8, 4) is 11.3 Å². The van der Waals surface area contributed by atoms with E-state index in [1.54, 1.807) is 0 Å². The molecular formula is C30H34N6O4S2. The lowest BCUT2D eigenvalue weighted by molar-refractivity contribution is -0.117. The predicted octanol–water partition coefficient (Wildman–Crippen LogP) is 4.77. The molecule has 5 aromatic rings. The number of anilines is 1. The number of carbonyl (C=O) groups excluding carboxylic acids is 1. The van der Waals surface area contributed by atoms with Gasteiger partial charge in [-0.2, -0.15) is 0 Å². The van der Waals surface area contributed by atoms with Crippen LogP contribution in [-0.2, 0) is 33.1 Å². The Morgan fingerprint density at radius 2 is 1.86 bits per heavy atom. The van der Waals surface area contributed by atoms with Crippen LogP contribution < -0.4 is 9.62 Å². The largest absolute Gasteiger partial charge is 0.361 e. The fourth-order valence-electron chi connectivity index (χ4n) is 5.13. The molecular weight excluding hydrogens is 573 g/mol. The molecule has 1 saturated carbocycles. The van der Waals surface area contributed by atoms with Crippen LogP contribution in [0.3, 0.4) is 0 Å². The summed E-state index contributed by atoms with van der Waals surface area (Å²) in [4.78, 5) is 26.0. The molecule has 220 valence electrons. The van der Waals surface area contributed by atoms with Crippen LogP contribution in [0, 0.1) is 0 Å². The highest BCUT2D eigenvalue weighted by molar-refractivity contribution is 7.88. The highest BCUT2D eigenvalue weighted by atomic mass is 32.2. The molecule has 0 atom stereocenters. The van der Waals surface area contributed by atoms with Crippen LogP contribution in [0.2, 0.25) is 0 Å². The van der Waals surface area contributed by atoms with Crippen molar-refractivity contribution >= 4 is 48.3 Å².